The summed E-state index contributed by atoms with van der Waals surface area (Å²) in [5, 5.41) is 2.12. The molecule has 4 aliphatic rings. The fourth-order valence-corrected chi connectivity index (χ4v) is 12.0. The van der Waals surface area contributed by atoms with Gasteiger partial charge in [0.2, 0.25) is 0 Å². The summed E-state index contributed by atoms with van der Waals surface area (Å²) >= 11 is 5.97. The van der Waals surface area contributed by atoms with E-state index in [1.807, 2.05) is 78.9 Å². The van der Waals surface area contributed by atoms with E-state index in [-0.39, 0.29) is 23.6 Å². The van der Waals surface area contributed by atoms with Gasteiger partial charge in [0.05, 0.1) is 63.9 Å². The molecule has 0 bridgehead atoms. The van der Waals surface area contributed by atoms with Crippen LogP contribution in [0.5, 0.6) is 0 Å². The zero-order chi connectivity index (χ0) is 36.2. The van der Waals surface area contributed by atoms with Gasteiger partial charge in [-0.3, -0.25) is 19.2 Å². The molecular weight excluding hydrogens is 729 g/mol. The number of amides is 4. The zero-order valence-corrected chi connectivity index (χ0v) is 31.6. The van der Waals surface area contributed by atoms with Gasteiger partial charge in [0.15, 0.2) is 0 Å². The van der Waals surface area contributed by atoms with Crippen LogP contribution >= 0.6 is 45.8 Å². The Morgan fingerprint density at radius 1 is 0.577 bits per heavy atom. The van der Waals surface area contributed by atoms with E-state index in [1.54, 1.807) is 76.5 Å². The van der Waals surface area contributed by atoms with Gasteiger partial charge in [-0.25, -0.2) is 0 Å². The van der Waals surface area contributed by atoms with Crippen LogP contribution in [0.1, 0.15) is 14.6 Å². The summed E-state index contributed by atoms with van der Waals surface area (Å²) in [5.41, 5.74) is 3.92. The molecule has 2 aromatic carbocycles. The molecule has 0 radical (unpaired) electrons. The van der Waals surface area contributed by atoms with Crippen LogP contribution in [0.25, 0.3) is 37.3 Å². The molecule has 0 saturated heterocycles. The first kappa shape index (κ1) is 32.6. The third-order valence-corrected chi connectivity index (χ3v) is 14.2. The number of hydrogen-bond acceptors (Lipinski definition) is 8. The zero-order valence-electron chi connectivity index (χ0n) is 28.3. The number of carbonyl (C=O) groups excluding carboxylic acids is 4. The number of thioether (sulfide) groups is 1. The van der Waals surface area contributed by atoms with Crippen LogP contribution in [0.3, 0.4) is 0 Å². The summed E-state index contributed by atoms with van der Waals surface area (Å²) in [5.74, 6) is -0.928. The highest BCUT2D eigenvalue weighted by Crippen LogP contribution is 2.52. The molecule has 0 saturated carbocycles. The quantitative estimate of drug-likeness (QED) is 0.124. The van der Waals surface area contributed by atoms with Crippen molar-refractivity contribution >= 4 is 107 Å². The predicted molar refractivity (Wildman–Crippen MR) is 211 cm³/mol. The van der Waals surface area contributed by atoms with Crippen LogP contribution in [0.2, 0.25) is 0 Å². The molecule has 5 aromatic rings. The predicted octanol–water partition coefficient (Wildman–Crippen LogP) is 8.02. The van der Waals surface area contributed by atoms with Gasteiger partial charge in [-0.1, -0.05) is 60.8 Å². The van der Waals surface area contributed by atoms with Gasteiger partial charge < -0.3 is 19.6 Å². The van der Waals surface area contributed by atoms with Crippen molar-refractivity contribution in [2.45, 2.75) is 4.21 Å². The molecule has 7 heterocycles. The highest BCUT2D eigenvalue weighted by molar-refractivity contribution is 8.05. The van der Waals surface area contributed by atoms with Crippen LogP contribution in [0, 0.1) is 0 Å². The Hall–Kier alpha value is -5.27. The van der Waals surface area contributed by atoms with Crippen molar-refractivity contribution < 1.29 is 19.2 Å². The number of rotatable bonds is 7. The summed E-state index contributed by atoms with van der Waals surface area (Å²) in [7, 11) is 6.83. The Kier molecular flexibility index (Phi) is 7.46. The van der Waals surface area contributed by atoms with Crippen molar-refractivity contribution in [1.82, 2.24) is 19.6 Å². The molecule has 9 rings (SSSR count). The maximum Gasteiger partial charge on any atom is 0.261 e. The first-order valence-corrected chi connectivity index (χ1v) is 19.5. The minimum absolute atomic E-state index is 0.222. The van der Waals surface area contributed by atoms with Gasteiger partial charge >= 0.3 is 0 Å². The van der Waals surface area contributed by atoms with Gasteiger partial charge in [-0.05, 0) is 53.2 Å². The molecular formula is C40H28N4O4S4. The Bertz CT molecular complexity index is 2620. The number of nitrogens with zero attached hydrogens (tertiary/aromatic N) is 4. The van der Waals surface area contributed by atoms with Crippen LogP contribution in [0.4, 0.5) is 0 Å². The number of benzene rings is 2. The van der Waals surface area contributed by atoms with E-state index >= 15 is 0 Å². The highest BCUT2D eigenvalue weighted by atomic mass is 32.2. The van der Waals surface area contributed by atoms with Crippen molar-refractivity contribution in [2.75, 3.05) is 28.2 Å². The molecule has 12 heteroatoms. The Morgan fingerprint density at radius 3 is 1.56 bits per heavy atom. The summed E-state index contributed by atoms with van der Waals surface area (Å²) < 4.78 is 3.02. The first-order valence-electron chi connectivity index (χ1n) is 16.3. The second-order valence-corrected chi connectivity index (χ2v) is 17.2. The summed E-state index contributed by atoms with van der Waals surface area (Å²) in [6, 6.07) is 23.9. The largest absolute Gasteiger partial charge is 0.309 e. The number of allylic oxidation sites excluding steroid dienone is 2. The maximum atomic E-state index is 13.9. The molecule has 4 amide bonds. The van der Waals surface area contributed by atoms with E-state index in [0.29, 0.717) is 50.0 Å². The topological polar surface area (TPSA) is 81.2 Å². The average molecular weight is 757 g/mol. The lowest BCUT2D eigenvalue weighted by Gasteiger charge is -2.20. The SMILES string of the molecule is C=C/C=C(\Sc1ccc(C2=C3C(=O)N(C)C(c4cc5ccccc5s4)=C3C(=O)N2C)s1)C1=C2C(=O)N(C)C(c3cc4ccccc4s3)=C2C(=O)N1C. The van der Waals surface area contributed by atoms with Crippen LogP contribution in [-0.4, -0.2) is 71.4 Å². The molecule has 256 valence electrons. The van der Waals surface area contributed by atoms with Gasteiger partial charge in [-0.2, -0.15) is 0 Å². The van der Waals surface area contributed by atoms with Crippen molar-refractivity contribution in [2.24, 2.45) is 0 Å². The fourth-order valence-electron chi connectivity index (χ4n) is 7.28. The summed E-state index contributed by atoms with van der Waals surface area (Å²) in [6.45, 7) is 3.93. The van der Waals surface area contributed by atoms with E-state index in [0.717, 1.165) is 39.0 Å². The van der Waals surface area contributed by atoms with E-state index in [4.69, 9.17) is 0 Å². The maximum absolute atomic E-state index is 13.9. The lowest BCUT2D eigenvalue weighted by atomic mass is 10.1. The third-order valence-electron chi connectivity index (χ3n) is 9.71. The van der Waals surface area contributed by atoms with Crippen LogP contribution in [0.15, 0.2) is 129 Å². The second-order valence-electron chi connectivity index (χ2n) is 12.6. The summed E-state index contributed by atoms with van der Waals surface area (Å²) in [6.07, 6.45) is 3.46. The Morgan fingerprint density at radius 2 is 1.04 bits per heavy atom. The smallest absolute Gasteiger partial charge is 0.261 e. The molecule has 0 fully saturated rings. The standard InChI is InChI=1S/C40H28N4O4S4/c1-6-11-24(33-29-31(39(47)41(33)2)35(43(4)37(29)45)26-18-20-12-7-9-14-22(20)49-26)51-28-17-16-25(52-28)34-30-32(40(48)42(34)3)36(44(5)38(30)46)27-19-21-13-8-10-15-23(21)50-27/h6-19H,1H2,2-5H3/b24-11-. The van der Waals surface area contributed by atoms with Crippen molar-refractivity contribution in [3.63, 3.8) is 0 Å². The van der Waals surface area contributed by atoms with Gasteiger partial charge in [0.1, 0.15) is 0 Å². The molecule has 0 unspecified atom stereocenters. The van der Waals surface area contributed by atoms with E-state index in [9.17, 15) is 19.2 Å². The lowest BCUT2D eigenvalue weighted by molar-refractivity contribution is -0.123. The first-order chi connectivity index (χ1) is 25.1. The van der Waals surface area contributed by atoms with Gasteiger partial charge in [-0.15, -0.1) is 34.0 Å². The van der Waals surface area contributed by atoms with Crippen molar-refractivity contribution in [3.8, 4) is 0 Å². The minimum atomic E-state index is -0.242. The van der Waals surface area contributed by atoms with E-state index in [1.165, 1.54) is 23.1 Å². The monoisotopic (exact) mass is 756 g/mol. The minimum Gasteiger partial charge on any atom is -0.309 e. The molecule has 3 aromatic heterocycles. The Labute approximate surface area is 315 Å². The average Bonchev–Trinajstić information content (AvgIpc) is 4.00. The third kappa shape index (κ3) is 4.58. The molecule has 52 heavy (non-hydrogen) atoms. The number of fused-ring (bicyclic) bond motifs is 4. The van der Waals surface area contributed by atoms with Gasteiger partial charge in [0, 0.05) is 42.5 Å². The van der Waals surface area contributed by atoms with E-state index < -0.39 is 0 Å². The number of thiophene rings is 3. The molecule has 0 atom stereocenters. The molecule has 0 spiro atoms. The molecule has 0 aliphatic carbocycles. The summed E-state index contributed by atoms with van der Waals surface area (Å²) in [4.78, 5) is 65.1. The van der Waals surface area contributed by atoms with Crippen LogP contribution < -0.4 is 0 Å². The van der Waals surface area contributed by atoms with E-state index in [2.05, 4.69) is 6.58 Å². The second kappa shape index (κ2) is 11.9. The normalized spacial score (nSPS) is 18.0. The van der Waals surface area contributed by atoms with Crippen molar-refractivity contribution in [1.29, 1.82) is 0 Å². The lowest BCUT2D eigenvalue weighted by Crippen LogP contribution is -2.25. The molecule has 8 nitrogen and oxygen atoms in total. The number of hydrogen-bond donors (Lipinski definition) is 0. The molecule has 4 aliphatic heterocycles. The Balaban J connectivity index is 1.11. The highest BCUT2D eigenvalue weighted by Gasteiger charge is 2.49. The molecule has 0 N–H and O–H groups in total. The van der Waals surface area contributed by atoms with Gasteiger partial charge in [0.25, 0.3) is 23.6 Å². The fraction of sp³-hybridized carbons (Fsp3) is 0.100. The number of carbonyl (C=O) groups is 4. The number of likely N-dealkylation sites (N-methyl/N-ethyl adjacent to an activating group) is 4. The van der Waals surface area contributed by atoms with Crippen molar-refractivity contribution in [3.05, 3.63) is 139 Å². The van der Waals surface area contributed by atoms with Crippen LogP contribution in [-0.2, 0) is 19.2 Å².